The fourth-order valence-electron chi connectivity index (χ4n) is 1.94. The number of aliphatic hydroxyl groups excluding tert-OH is 1. The molecule has 11 heavy (non-hydrogen) atoms. The molecule has 0 aromatic rings. The van der Waals surface area contributed by atoms with Crippen molar-refractivity contribution in [1.29, 1.82) is 0 Å². The lowest BCUT2D eigenvalue weighted by molar-refractivity contribution is -0.119. The van der Waals surface area contributed by atoms with Crippen LogP contribution in [0.15, 0.2) is 0 Å². The summed E-state index contributed by atoms with van der Waals surface area (Å²) in [6.45, 7) is 2.10. The Balaban J connectivity index is 2.65. The van der Waals surface area contributed by atoms with E-state index in [1.54, 1.807) is 0 Å². The molecule has 0 aliphatic heterocycles. The number of aliphatic hydroxyl groups is 1. The predicted octanol–water partition coefficient (Wildman–Crippen LogP) is 1.37. The monoisotopic (exact) mass is 156 g/mol. The van der Waals surface area contributed by atoms with Crippen LogP contribution in [-0.2, 0) is 4.79 Å². The van der Waals surface area contributed by atoms with E-state index in [1.165, 1.54) is 0 Å². The van der Waals surface area contributed by atoms with Gasteiger partial charge in [0.25, 0.3) is 0 Å². The summed E-state index contributed by atoms with van der Waals surface area (Å²) in [6, 6.07) is 0. The molecule has 0 heterocycles. The Labute approximate surface area is 67.6 Å². The second kappa shape index (κ2) is 3.35. The smallest absolute Gasteiger partial charge is 0.126 e. The number of hydrogen-bond acceptors (Lipinski definition) is 2. The largest absolute Gasteiger partial charge is 0.396 e. The average molecular weight is 156 g/mol. The van der Waals surface area contributed by atoms with E-state index in [2.05, 4.69) is 0 Å². The highest BCUT2D eigenvalue weighted by atomic mass is 16.3. The molecule has 2 nitrogen and oxygen atoms in total. The summed E-state index contributed by atoms with van der Waals surface area (Å²) < 4.78 is 0. The molecular formula is C9H16O2. The quantitative estimate of drug-likeness (QED) is 0.627. The molecule has 0 amide bonds. The molecule has 0 bridgehead atoms. The molecule has 1 saturated carbocycles. The van der Waals surface area contributed by atoms with E-state index in [9.17, 15) is 4.79 Å². The van der Waals surface area contributed by atoms with Gasteiger partial charge in [-0.2, -0.15) is 0 Å². The first kappa shape index (κ1) is 8.72. The zero-order valence-corrected chi connectivity index (χ0v) is 7.05. The van der Waals surface area contributed by atoms with Crippen molar-refractivity contribution < 1.29 is 9.90 Å². The molecule has 2 heteroatoms. The van der Waals surface area contributed by atoms with Gasteiger partial charge >= 0.3 is 0 Å². The van der Waals surface area contributed by atoms with E-state index in [4.69, 9.17) is 5.11 Å². The van der Waals surface area contributed by atoms with E-state index < -0.39 is 0 Å². The molecule has 0 radical (unpaired) electrons. The average Bonchev–Trinajstić information content (AvgIpc) is 2.52. The van der Waals surface area contributed by atoms with Gasteiger partial charge in [-0.1, -0.05) is 19.8 Å². The fraction of sp³-hybridized carbons (Fsp3) is 0.889. The van der Waals surface area contributed by atoms with Crippen molar-refractivity contribution >= 4 is 6.29 Å². The molecule has 1 unspecified atom stereocenters. The Kier molecular flexibility index (Phi) is 2.66. The summed E-state index contributed by atoms with van der Waals surface area (Å²) >= 11 is 0. The minimum Gasteiger partial charge on any atom is -0.396 e. The molecule has 0 spiro atoms. The van der Waals surface area contributed by atoms with Crippen LogP contribution in [0.1, 0.15) is 32.6 Å². The third-order valence-electron chi connectivity index (χ3n) is 3.02. The van der Waals surface area contributed by atoms with Crippen LogP contribution in [-0.4, -0.2) is 18.0 Å². The first-order chi connectivity index (χ1) is 5.25. The number of aldehydes is 1. The van der Waals surface area contributed by atoms with Gasteiger partial charge in [0.1, 0.15) is 6.29 Å². The third kappa shape index (κ3) is 1.45. The van der Waals surface area contributed by atoms with Gasteiger partial charge in [0, 0.05) is 12.0 Å². The van der Waals surface area contributed by atoms with Crippen molar-refractivity contribution in [2.45, 2.75) is 32.6 Å². The van der Waals surface area contributed by atoms with Gasteiger partial charge in [0.05, 0.1) is 0 Å². The van der Waals surface area contributed by atoms with Crippen molar-refractivity contribution in [3.05, 3.63) is 0 Å². The molecule has 1 aliphatic carbocycles. The van der Waals surface area contributed by atoms with Crippen LogP contribution < -0.4 is 0 Å². The highest BCUT2D eigenvalue weighted by Crippen LogP contribution is 2.42. The molecule has 64 valence electrons. The van der Waals surface area contributed by atoms with Crippen LogP contribution in [0.2, 0.25) is 0 Å². The number of carbonyl (C=O) groups excluding carboxylic acids is 1. The van der Waals surface area contributed by atoms with Crippen molar-refractivity contribution in [3.8, 4) is 0 Å². The van der Waals surface area contributed by atoms with Crippen molar-refractivity contribution in [2.24, 2.45) is 11.3 Å². The summed E-state index contributed by atoms with van der Waals surface area (Å²) in [5.41, 5.74) is -0.186. The van der Waals surface area contributed by atoms with Gasteiger partial charge in [-0.25, -0.2) is 0 Å². The Hall–Kier alpha value is -0.370. The zero-order valence-electron chi connectivity index (χ0n) is 7.05. The molecular weight excluding hydrogens is 140 g/mol. The number of hydrogen-bond donors (Lipinski definition) is 1. The molecule has 0 aromatic heterocycles. The van der Waals surface area contributed by atoms with Gasteiger partial charge in [-0.05, 0) is 18.8 Å². The standard InChI is InChI=1S/C9H16O2/c1-8(6-10)9(7-11)4-2-3-5-9/h7-8,10H,2-6H2,1H3. The lowest BCUT2D eigenvalue weighted by atomic mass is 9.76. The first-order valence-corrected chi connectivity index (χ1v) is 4.32. The van der Waals surface area contributed by atoms with Crippen molar-refractivity contribution in [3.63, 3.8) is 0 Å². The van der Waals surface area contributed by atoms with Crippen molar-refractivity contribution in [2.75, 3.05) is 6.61 Å². The summed E-state index contributed by atoms with van der Waals surface area (Å²) in [5.74, 6) is 0.141. The number of carbonyl (C=O) groups is 1. The van der Waals surface area contributed by atoms with E-state index in [-0.39, 0.29) is 17.9 Å². The highest BCUT2D eigenvalue weighted by Gasteiger charge is 2.38. The van der Waals surface area contributed by atoms with Crippen molar-refractivity contribution in [1.82, 2.24) is 0 Å². The molecule has 0 saturated heterocycles. The van der Waals surface area contributed by atoms with Crippen LogP contribution in [0.4, 0.5) is 0 Å². The second-order valence-corrected chi connectivity index (χ2v) is 3.64. The van der Waals surface area contributed by atoms with E-state index in [0.717, 1.165) is 32.0 Å². The maximum absolute atomic E-state index is 10.8. The molecule has 1 N–H and O–H groups in total. The van der Waals surface area contributed by atoms with Gasteiger partial charge < -0.3 is 9.90 Å². The normalized spacial score (nSPS) is 24.9. The molecule has 1 rings (SSSR count). The Bertz CT molecular complexity index is 136. The number of rotatable bonds is 3. The van der Waals surface area contributed by atoms with Gasteiger partial charge in [-0.3, -0.25) is 0 Å². The summed E-state index contributed by atoms with van der Waals surface area (Å²) in [6.07, 6.45) is 5.28. The molecule has 1 fully saturated rings. The molecule has 1 aliphatic rings. The van der Waals surface area contributed by atoms with Crippen LogP contribution in [0.3, 0.4) is 0 Å². The summed E-state index contributed by atoms with van der Waals surface area (Å²) in [5, 5.41) is 8.93. The minimum absolute atomic E-state index is 0.138. The Morgan fingerprint density at radius 2 is 2.09 bits per heavy atom. The lowest BCUT2D eigenvalue weighted by Crippen LogP contribution is -2.29. The Morgan fingerprint density at radius 3 is 2.45 bits per heavy atom. The van der Waals surface area contributed by atoms with Gasteiger partial charge in [0.2, 0.25) is 0 Å². The Morgan fingerprint density at radius 1 is 1.55 bits per heavy atom. The fourth-order valence-corrected chi connectivity index (χ4v) is 1.94. The van der Waals surface area contributed by atoms with Crippen LogP contribution >= 0.6 is 0 Å². The minimum atomic E-state index is -0.186. The predicted molar refractivity (Wildman–Crippen MR) is 43.2 cm³/mol. The van der Waals surface area contributed by atoms with E-state index in [0.29, 0.717) is 0 Å². The first-order valence-electron chi connectivity index (χ1n) is 4.32. The summed E-state index contributed by atoms with van der Waals surface area (Å²) in [4.78, 5) is 10.8. The van der Waals surface area contributed by atoms with Crippen LogP contribution in [0.25, 0.3) is 0 Å². The topological polar surface area (TPSA) is 37.3 Å². The maximum atomic E-state index is 10.8. The van der Waals surface area contributed by atoms with Gasteiger partial charge in [-0.15, -0.1) is 0 Å². The van der Waals surface area contributed by atoms with Gasteiger partial charge in [0.15, 0.2) is 0 Å². The van der Waals surface area contributed by atoms with E-state index >= 15 is 0 Å². The lowest BCUT2D eigenvalue weighted by Gasteiger charge is -2.27. The molecule has 0 aromatic carbocycles. The van der Waals surface area contributed by atoms with E-state index in [1.807, 2.05) is 6.92 Å². The second-order valence-electron chi connectivity index (χ2n) is 3.64. The van der Waals surface area contributed by atoms with Crippen LogP contribution in [0, 0.1) is 11.3 Å². The summed E-state index contributed by atoms with van der Waals surface area (Å²) in [7, 11) is 0. The SMILES string of the molecule is CC(CO)C1(C=O)CCCC1. The van der Waals surface area contributed by atoms with Crippen LogP contribution in [0.5, 0.6) is 0 Å². The highest BCUT2D eigenvalue weighted by molar-refractivity contribution is 5.60. The zero-order chi connectivity index (χ0) is 8.32. The third-order valence-corrected chi connectivity index (χ3v) is 3.02. The molecule has 1 atom stereocenters. The maximum Gasteiger partial charge on any atom is 0.126 e.